The van der Waals surface area contributed by atoms with Crippen LogP contribution in [0, 0.1) is 0 Å². The van der Waals surface area contributed by atoms with Crippen LogP contribution in [0.4, 0.5) is 0 Å². The molecule has 0 amide bonds. The average Bonchev–Trinajstić information content (AvgIpc) is 2.42. The summed E-state index contributed by atoms with van der Waals surface area (Å²) in [4.78, 5) is 8.71. The molecule has 0 aliphatic carbocycles. The number of methoxy groups -OCH3 is 2. The first-order valence-electron chi connectivity index (χ1n) is 5.75. The van der Waals surface area contributed by atoms with Gasteiger partial charge in [0.05, 0.1) is 5.69 Å². The van der Waals surface area contributed by atoms with E-state index in [1.165, 1.54) is 5.56 Å². The van der Waals surface area contributed by atoms with Crippen LogP contribution in [0.3, 0.4) is 0 Å². The molecular formula is C14H16N2O2. The molecule has 0 aliphatic rings. The number of nitrogens with zero attached hydrogens (tertiary/aromatic N) is 2. The van der Waals surface area contributed by atoms with Gasteiger partial charge in [0, 0.05) is 26.8 Å². The van der Waals surface area contributed by atoms with Crippen LogP contribution in [-0.4, -0.2) is 24.2 Å². The number of aromatic nitrogens is 2. The van der Waals surface area contributed by atoms with Gasteiger partial charge in [0.2, 0.25) is 6.29 Å². The summed E-state index contributed by atoms with van der Waals surface area (Å²) in [5, 5.41) is 0. The maximum absolute atomic E-state index is 5.18. The standard InChI is InChI=1S/C14H16N2O2/c1-17-14(18-2)12-8-9-15-13(16-12)10-11-6-4-3-5-7-11/h3-9,14H,10H2,1-2H3. The minimum absolute atomic E-state index is 0.442. The Balaban J connectivity index is 2.17. The van der Waals surface area contributed by atoms with Gasteiger partial charge >= 0.3 is 0 Å². The lowest BCUT2D eigenvalue weighted by molar-refractivity contribution is -0.108. The molecule has 1 aromatic carbocycles. The van der Waals surface area contributed by atoms with Crippen molar-refractivity contribution in [3.63, 3.8) is 0 Å². The molecule has 0 N–H and O–H groups in total. The van der Waals surface area contributed by atoms with Crippen LogP contribution >= 0.6 is 0 Å². The Labute approximate surface area is 107 Å². The zero-order valence-corrected chi connectivity index (χ0v) is 10.5. The fourth-order valence-corrected chi connectivity index (χ4v) is 1.75. The summed E-state index contributed by atoms with van der Waals surface area (Å²) in [5.41, 5.74) is 1.92. The van der Waals surface area contributed by atoms with E-state index in [4.69, 9.17) is 9.47 Å². The van der Waals surface area contributed by atoms with Gasteiger partial charge in [-0.25, -0.2) is 9.97 Å². The second-order valence-electron chi connectivity index (χ2n) is 3.86. The molecule has 1 heterocycles. The molecule has 4 nitrogen and oxygen atoms in total. The minimum Gasteiger partial charge on any atom is -0.350 e. The van der Waals surface area contributed by atoms with Crippen LogP contribution in [-0.2, 0) is 15.9 Å². The molecule has 0 atom stereocenters. The summed E-state index contributed by atoms with van der Waals surface area (Å²) in [7, 11) is 3.18. The van der Waals surface area contributed by atoms with Gasteiger partial charge in [0.1, 0.15) is 5.82 Å². The first-order valence-corrected chi connectivity index (χ1v) is 5.75. The maximum atomic E-state index is 5.18. The average molecular weight is 244 g/mol. The predicted molar refractivity (Wildman–Crippen MR) is 68.0 cm³/mol. The number of benzene rings is 1. The van der Waals surface area contributed by atoms with Crippen LogP contribution in [0.2, 0.25) is 0 Å². The van der Waals surface area contributed by atoms with Gasteiger partial charge in [-0.3, -0.25) is 0 Å². The molecule has 4 heteroatoms. The van der Waals surface area contributed by atoms with Gasteiger partial charge in [-0.2, -0.15) is 0 Å². The molecule has 2 aromatic rings. The van der Waals surface area contributed by atoms with Crippen LogP contribution in [0.15, 0.2) is 42.6 Å². The van der Waals surface area contributed by atoms with E-state index in [1.54, 1.807) is 26.5 Å². The van der Waals surface area contributed by atoms with E-state index in [1.807, 2.05) is 18.2 Å². The number of rotatable bonds is 5. The number of hydrogen-bond acceptors (Lipinski definition) is 4. The van der Waals surface area contributed by atoms with Gasteiger partial charge in [-0.05, 0) is 11.6 Å². The van der Waals surface area contributed by atoms with E-state index in [0.29, 0.717) is 6.42 Å². The van der Waals surface area contributed by atoms with Crippen molar-refractivity contribution in [1.82, 2.24) is 9.97 Å². The lowest BCUT2D eigenvalue weighted by Crippen LogP contribution is -2.08. The van der Waals surface area contributed by atoms with Crippen molar-refractivity contribution in [3.8, 4) is 0 Å². The zero-order chi connectivity index (χ0) is 12.8. The second kappa shape index (κ2) is 6.23. The maximum Gasteiger partial charge on any atom is 0.200 e. The smallest absolute Gasteiger partial charge is 0.200 e. The fourth-order valence-electron chi connectivity index (χ4n) is 1.75. The molecule has 94 valence electrons. The molecule has 0 unspecified atom stereocenters. The third-order valence-electron chi connectivity index (χ3n) is 2.60. The van der Waals surface area contributed by atoms with E-state index in [-0.39, 0.29) is 0 Å². The van der Waals surface area contributed by atoms with Crippen LogP contribution < -0.4 is 0 Å². The molecule has 0 spiro atoms. The summed E-state index contributed by atoms with van der Waals surface area (Å²) >= 11 is 0. The van der Waals surface area contributed by atoms with Gasteiger partial charge in [0.15, 0.2) is 0 Å². The van der Waals surface area contributed by atoms with Gasteiger partial charge in [-0.1, -0.05) is 30.3 Å². The highest BCUT2D eigenvalue weighted by molar-refractivity contribution is 5.19. The fraction of sp³-hybridized carbons (Fsp3) is 0.286. The largest absolute Gasteiger partial charge is 0.350 e. The summed E-state index contributed by atoms with van der Waals surface area (Å²) in [6.45, 7) is 0. The summed E-state index contributed by atoms with van der Waals surface area (Å²) in [5.74, 6) is 0.762. The highest BCUT2D eigenvalue weighted by Gasteiger charge is 2.11. The van der Waals surface area contributed by atoms with E-state index in [9.17, 15) is 0 Å². The van der Waals surface area contributed by atoms with Crippen LogP contribution in [0.1, 0.15) is 23.4 Å². The Hall–Kier alpha value is -1.78. The molecule has 18 heavy (non-hydrogen) atoms. The Kier molecular flexibility index (Phi) is 4.39. The lowest BCUT2D eigenvalue weighted by atomic mass is 10.1. The van der Waals surface area contributed by atoms with Crippen LogP contribution in [0.5, 0.6) is 0 Å². The lowest BCUT2D eigenvalue weighted by Gasteiger charge is -2.13. The first-order chi connectivity index (χ1) is 8.83. The Morgan fingerprint density at radius 1 is 1.06 bits per heavy atom. The van der Waals surface area contributed by atoms with Crippen LogP contribution in [0.25, 0.3) is 0 Å². The SMILES string of the molecule is COC(OC)c1ccnc(Cc2ccccc2)n1. The molecule has 0 radical (unpaired) electrons. The molecular weight excluding hydrogens is 228 g/mol. The molecule has 0 bridgehead atoms. The van der Waals surface area contributed by atoms with E-state index in [2.05, 4.69) is 22.1 Å². The molecule has 0 fully saturated rings. The highest BCUT2D eigenvalue weighted by Crippen LogP contribution is 2.15. The summed E-state index contributed by atoms with van der Waals surface area (Å²) in [6.07, 6.45) is 1.99. The molecule has 1 aromatic heterocycles. The van der Waals surface area contributed by atoms with Crippen molar-refractivity contribution in [2.24, 2.45) is 0 Å². The monoisotopic (exact) mass is 244 g/mol. The van der Waals surface area contributed by atoms with Crippen molar-refractivity contribution in [2.75, 3.05) is 14.2 Å². The predicted octanol–water partition coefficient (Wildman–Crippen LogP) is 2.36. The quantitative estimate of drug-likeness (QED) is 0.757. The van der Waals surface area contributed by atoms with Gasteiger partial charge < -0.3 is 9.47 Å². The molecule has 0 saturated heterocycles. The van der Waals surface area contributed by atoms with Crippen molar-refractivity contribution >= 4 is 0 Å². The van der Waals surface area contributed by atoms with Crippen molar-refractivity contribution in [3.05, 3.63) is 59.7 Å². The Bertz CT molecular complexity index is 484. The Morgan fingerprint density at radius 3 is 2.44 bits per heavy atom. The molecule has 2 rings (SSSR count). The molecule has 0 aliphatic heterocycles. The van der Waals surface area contributed by atoms with Crippen molar-refractivity contribution in [2.45, 2.75) is 12.7 Å². The van der Waals surface area contributed by atoms with Crippen molar-refractivity contribution in [1.29, 1.82) is 0 Å². The zero-order valence-electron chi connectivity index (χ0n) is 10.5. The third kappa shape index (κ3) is 3.12. The normalized spacial score (nSPS) is 10.8. The number of ether oxygens (including phenoxy) is 2. The van der Waals surface area contributed by atoms with E-state index >= 15 is 0 Å². The van der Waals surface area contributed by atoms with E-state index in [0.717, 1.165) is 11.5 Å². The molecule has 0 saturated carbocycles. The Morgan fingerprint density at radius 2 is 1.78 bits per heavy atom. The summed E-state index contributed by atoms with van der Waals surface area (Å²) < 4.78 is 10.4. The van der Waals surface area contributed by atoms with Gasteiger partial charge in [0.25, 0.3) is 0 Å². The van der Waals surface area contributed by atoms with Crippen molar-refractivity contribution < 1.29 is 9.47 Å². The van der Waals surface area contributed by atoms with Gasteiger partial charge in [-0.15, -0.1) is 0 Å². The highest BCUT2D eigenvalue weighted by atomic mass is 16.7. The topological polar surface area (TPSA) is 44.2 Å². The number of hydrogen-bond donors (Lipinski definition) is 0. The minimum atomic E-state index is -0.442. The first kappa shape index (κ1) is 12.7. The third-order valence-corrected chi connectivity index (χ3v) is 2.60. The summed E-state index contributed by atoms with van der Waals surface area (Å²) in [6, 6.07) is 11.9. The van der Waals surface area contributed by atoms with E-state index < -0.39 is 6.29 Å². The second-order valence-corrected chi connectivity index (χ2v) is 3.86.